The fraction of sp³-hybridized carbons (Fsp3) is 0. The second-order valence-electron chi connectivity index (χ2n) is 2.48. The number of halogens is 2. The zero-order valence-electron chi connectivity index (χ0n) is 7.59. The van der Waals surface area contributed by atoms with E-state index in [0.29, 0.717) is 0 Å². The average molecular weight is 422 g/mol. The van der Waals surface area contributed by atoms with Crippen LogP contribution in [0.25, 0.3) is 11.4 Å². The molecule has 0 N–H and O–H groups in total. The van der Waals surface area contributed by atoms with Gasteiger partial charge in [-0.05, 0) is 24.3 Å². The van der Waals surface area contributed by atoms with Crippen molar-refractivity contribution in [3.05, 3.63) is 48.8 Å². The number of pyridine rings is 2. The summed E-state index contributed by atoms with van der Waals surface area (Å²) in [4.78, 5) is 8.37. The molecule has 0 aromatic carbocycles. The summed E-state index contributed by atoms with van der Waals surface area (Å²) < 4.78 is 0. The Hall–Kier alpha value is -0.432. The number of nitrogens with zero attached hydrogens (tertiary/aromatic N) is 2. The first-order valence-corrected chi connectivity index (χ1v) is 9.66. The summed E-state index contributed by atoms with van der Waals surface area (Å²) in [5.41, 5.74) is 1.83. The molecule has 2 aromatic heterocycles. The van der Waals surface area contributed by atoms with Gasteiger partial charge in [0.1, 0.15) is 0 Å². The molecule has 2 nitrogen and oxygen atoms in total. The summed E-state index contributed by atoms with van der Waals surface area (Å²) >= 11 is -0.472. The smallest absolute Gasteiger partial charge is 0.0886 e. The minimum atomic E-state index is -0.472. The quantitative estimate of drug-likeness (QED) is 0.703. The van der Waals surface area contributed by atoms with Crippen LogP contribution < -0.4 is 0 Å². The van der Waals surface area contributed by atoms with Gasteiger partial charge in [-0.1, -0.05) is 12.1 Å². The molecule has 0 bridgehead atoms. The van der Waals surface area contributed by atoms with Gasteiger partial charge in [0.25, 0.3) is 0 Å². The van der Waals surface area contributed by atoms with Gasteiger partial charge in [-0.15, -0.1) is 0 Å². The summed E-state index contributed by atoms with van der Waals surface area (Å²) in [6.07, 6.45) is 3.54. The van der Waals surface area contributed by atoms with Gasteiger partial charge in [-0.2, -0.15) is 0 Å². The largest absolute Gasteiger partial charge is 0.255 e. The van der Waals surface area contributed by atoms with Crippen molar-refractivity contribution in [2.75, 3.05) is 0 Å². The molecule has 0 aliphatic heterocycles. The third kappa shape index (κ3) is 4.74. The molecule has 0 fully saturated rings. The van der Waals surface area contributed by atoms with Crippen molar-refractivity contribution < 1.29 is 16.5 Å². The van der Waals surface area contributed by atoms with Crippen molar-refractivity contribution in [3.63, 3.8) is 0 Å². The molecule has 82 valence electrons. The van der Waals surface area contributed by atoms with Gasteiger partial charge in [0, 0.05) is 12.4 Å². The van der Waals surface area contributed by atoms with Gasteiger partial charge in [0.05, 0.1) is 11.4 Å². The standard InChI is InChI=1S/C10H8N2.2ClH.Pt/c1-3-7-11-9(5-1)10-6-2-4-8-12-10;;;/h1-8H;2*1H;/q;;;+2/p-2. The summed E-state index contributed by atoms with van der Waals surface area (Å²) in [6, 6.07) is 11.6. The predicted molar refractivity (Wildman–Crippen MR) is 59.2 cm³/mol. The SMILES string of the molecule is [Cl][Pt][Cl].c1ccc(-c2ccccn2)nc1. The van der Waals surface area contributed by atoms with Crippen LogP contribution >= 0.6 is 18.8 Å². The Bertz CT molecular complexity index is 332. The van der Waals surface area contributed by atoms with Crippen molar-refractivity contribution >= 4 is 18.8 Å². The molecular weight excluding hydrogens is 414 g/mol. The first-order chi connectivity index (χ1) is 7.38. The van der Waals surface area contributed by atoms with Crippen LogP contribution in [-0.2, 0) is 16.5 Å². The van der Waals surface area contributed by atoms with Crippen LogP contribution in [0.4, 0.5) is 0 Å². The molecule has 0 unspecified atom stereocenters. The van der Waals surface area contributed by atoms with Crippen LogP contribution in [0.5, 0.6) is 0 Å². The van der Waals surface area contributed by atoms with Gasteiger partial charge in [-0.25, -0.2) is 0 Å². The summed E-state index contributed by atoms with van der Waals surface area (Å²) in [7, 11) is 9.75. The molecule has 0 radical (unpaired) electrons. The van der Waals surface area contributed by atoms with E-state index in [0.717, 1.165) is 11.4 Å². The zero-order chi connectivity index (χ0) is 10.9. The molecular formula is C10H8Cl2N2Pt. The summed E-state index contributed by atoms with van der Waals surface area (Å²) in [5, 5.41) is 0. The van der Waals surface area contributed by atoms with E-state index in [-0.39, 0.29) is 0 Å². The van der Waals surface area contributed by atoms with Crippen molar-refractivity contribution in [3.8, 4) is 11.4 Å². The molecule has 0 aliphatic rings. The number of rotatable bonds is 1. The molecule has 0 aliphatic carbocycles. The van der Waals surface area contributed by atoms with Crippen LogP contribution in [0.3, 0.4) is 0 Å². The van der Waals surface area contributed by atoms with Gasteiger partial charge in [0.15, 0.2) is 0 Å². The molecule has 0 saturated carbocycles. The number of aromatic nitrogens is 2. The maximum atomic E-state index is 4.88. The van der Waals surface area contributed by atoms with E-state index in [1.165, 1.54) is 0 Å². The normalized spacial score (nSPS) is 9.20. The maximum Gasteiger partial charge on any atom is 0.0886 e. The third-order valence-electron chi connectivity index (χ3n) is 1.59. The minimum Gasteiger partial charge on any atom is -0.255 e. The van der Waals surface area contributed by atoms with Crippen LogP contribution in [0.2, 0.25) is 0 Å². The topological polar surface area (TPSA) is 25.8 Å². The minimum absolute atomic E-state index is 0.472. The molecule has 0 saturated heterocycles. The van der Waals surface area contributed by atoms with Crippen LogP contribution in [0, 0.1) is 0 Å². The van der Waals surface area contributed by atoms with Crippen LogP contribution in [0.15, 0.2) is 48.8 Å². The van der Waals surface area contributed by atoms with Crippen molar-refractivity contribution in [2.24, 2.45) is 0 Å². The van der Waals surface area contributed by atoms with E-state index in [2.05, 4.69) is 9.97 Å². The van der Waals surface area contributed by atoms with E-state index in [9.17, 15) is 0 Å². The van der Waals surface area contributed by atoms with Crippen molar-refractivity contribution in [2.45, 2.75) is 0 Å². The number of hydrogen-bond acceptors (Lipinski definition) is 2. The average Bonchev–Trinajstić information content (AvgIpc) is 2.32. The summed E-state index contributed by atoms with van der Waals surface area (Å²) in [6.45, 7) is 0. The monoisotopic (exact) mass is 421 g/mol. The van der Waals surface area contributed by atoms with E-state index < -0.39 is 16.5 Å². The molecule has 2 heterocycles. The Labute approximate surface area is 105 Å². The van der Waals surface area contributed by atoms with E-state index in [1.807, 2.05) is 36.4 Å². The Morgan fingerprint density at radius 1 is 0.800 bits per heavy atom. The molecule has 2 rings (SSSR count). The summed E-state index contributed by atoms with van der Waals surface area (Å²) in [5.74, 6) is 0. The van der Waals surface area contributed by atoms with Gasteiger partial charge in [0.2, 0.25) is 0 Å². The third-order valence-corrected chi connectivity index (χ3v) is 1.59. The molecule has 0 amide bonds. The van der Waals surface area contributed by atoms with Gasteiger partial charge < -0.3 is 0 Å². The Morgan fingerprint density at radius 3 is 1.47 bits per heavy atom. The first-order valence-electron chi connectivity index (χ1n) is 4.03. The fourth-order valence-electron chi connectivity index (χ4n) is 1.03. The van der Waals surface area contributed by atoms with E-state index in [4.69, 9.17) is 18.8 Å². The molecule has 2 aromatic rings. The predicted octanol–water partition coefficient (Wildman–Crippen LogP) is 3.52. The first kappa shape index (κ1) is 12.6. The molecule has 0 spiro atoms. The second-order valence-corrected chi connectivity index (χ2v) is 5.76. The van der Waals surface area contributed by atoms with Gasteiger partial charge in [-0.3, -0.25) is 9.97 Å². The second kappa shape index (κ2) is 7.81. The van der Waals surface area contributed by atoms with Gasteiger partial charge >= 0.3 is 35.3 Å². The van der Waals surface area contributed by atoms with Crippen molar-refractivity contribution in [1.29, 1.82) is 0 Å². The Morgan fingerprint density at radius 2 is 1.20 bits per heavy atom. The van der Waals surface area contributed by atoms with Crippen molar-refractivity contribution in [1.82, 2.24) is 9.97 Å². The molecule has 15 heavy (non-hydrogen) atoms. The maximum absolute atomic E-state index is 4.88. The Balaban J connectivity index is 0.000000337. The fourth-order valence-corrected chi connectivity index (χ4v) is 1.03. The number of hydrogen-bond donors (Lipinski definition) is 0. The van der Waals surface area contributed by atoms with E-state index in [1.54, 1.807) is 12.4 Å². The Kier molecular flexibility index (Phi) is 6.58. The zero-order valence-corrected chi connectivity index (χ0v) is 11.4. The van der Waals surface area contributed by atoms with Crippen LogP contribution in [-0.4, -0.2) is 9.97 Å². The molecule has 5 heteroatoms. The van der Waals surface area contributed by atoms with E-state index >= 15 is 0 Å². The van der Waals surface area contributed by atoms with Crippen LogP contribution in [0.1, 0.15) is 0 Å². The molecule has 0 atom stereocenters.